The van der Waals surface area contributed by atoms with Crippen molar-refractivity contribution in [2.45, 2.75) is 45.8 Å². The first-order chi connectivity index (χ1) is 24.1. The average molecular weight is 922 g/mol. The smallest absolute Gasteiger partial charge is 0.406 e. The number of halogens is 8. The van der Waals surface area contributed by atoms with Crippen molar-refractivity contribution >= 4 is 56.3 Å². The summed E-state index contributed by atoms with van der Waals surface area (Å²) in [6.45, 7) is 4.10. The molecule has 2 aliphatic carbocycles. The molecule has 4 aromatic rings. The van der Waals surface area contributed by atoms with Crippen LogP contribution < -0.4 is 15.2 Å². The van der Waals surface area contributed by atoms with Crippen LogP contribution in [0, 0.1) is 21.0 Å². The number of rotatable bonds is 6. The molecule has 0 amide bonds. The Morgan fingerprint density at radius 3 is 1.82 bits per heavy atom. The zero-order valence-corrected chi connectivity index (χ0v) is 31.7. The minimum absolute atomic E-state index is 0.193. The van der Waals surface area contributed by atoms with E-state index in [1.807, 2.05) is 19.1 Å². The fourth-order valence-corrected chi connectivity index (χ4v) is 8.52. The Morgan fingerprint density at radius 2 is 1.25 bits per heavy atom. The van der Waals surface area contributed by atoms with Crippen molar-refractivity contribution in [1.29, 1.82) is 0 Å². The maximum atomic E-state index is 12.6. The maximum absolute atomic E-state index is 12.6. The third kappa shape index (κ3) is 9.37. The third-order valence-corrected chi connectivity index (χ3v) is 10.3. The van der Waals surface area contributed by atoms with Crippen molar-refractivity contribution in [2.24, 2.45) is 0 Å². The molecule has 2 nitrogen and oxygen atoms in total. The van der Waals surface area contributed by atoms with Crippen LogP contribution in [0.1, 0.15) is 29.5 Å². The van der Waals surface area contributed by atoms with Gasteiger partial charge in [-0.25, -0.2) is 0 Å². The van der Waals surface area contributed by atoms with E-state index in [9.17, 15) is 26.3 Å². The number of benzene rings is 4. The van der Waals surface area contributed by atoms with Crippen molar-refractivity contribution in [3.8, 4) is 28.0 Å². The van der Waals surface area contributed by atoms with Crippen LogP contribution in [0.3, 0.4) is 0 Å². The number of hydrogen-bond donors (Lipinski definition) is 0. The molecule has 0 N–H and O–H groups in total. The van der Waals surface area contributed by atoms with Gasteiger partial charge >= 0.3 is 12.7 Å². The van der Waals surface area contributed by atoms with Gasteiger partial charge in [0.1, 0.15) is 11.5 Å². The monoisotopic (exact) mass is 922 g/mol. The molecule has 262 valence electrons. The Morgan fingerprint density at radius 1 is 0.608 bits per heavy atom. The SMILES string of the molecule is Cc1cc(-c2ccc(OC(F)(F)F)cc2)cc(I)c1-c1ccc(CC2=CCC(=c3c(C)cc(=C4C=CC(OC(F)(F)F)=CC4)cc3I)C=C2)cc1. The van der Waals surface area contributed by atoms with Crippen molar-refractivity contribution in [1.82, 2.24) is 0 Å². The molecule has 0 aromatic heterocycles. The fraction of sp³-hybridized carbons (Fsp3) is 0.171. The maximum Gasteiger partial charge on any atom is 0.573 e. The van der Waals surface area contributed by atoms with Crippen LogP contribution in [0.4, 0.5) is 26.3 Å². The van der Waals surface area contributed by atoms with Crippen LogP contribution in [-0.4, -0.2) is 12.7 Å². The van der Waals surface area contributed by atoms with Crippen molar-refractivity contribution in [3.63, 3.8) is 0 Å². The highest BCUT2D eigenvalue weighted by Crippen LogP contribution is 2.35. The normalized spacial score (nSPS) is 16.9. The molecule has 10 heteroatoms. The Labute approximate surface area is 318 Å². The molecule has 0 saturated carbocycles. The first kappa shape index (κ1) is 37.0. The molecule has 6 rings (SSSR count). The lowest BCUT2D eigenvalue weighted by Crippen LogP contribution is -2.21. The van der Waals surface area contributed by atoms with Crippen LogP contribution >= 0.6 is 45.2 Å². The van der Waals surface area contributed by atoms with Gasteiger partial charge in [-0.15, -0.1) is 26.3 Å². The predicted octanol–water partition coefficient (Wildman–Crippen LogP) is 11.6. The molecule has 0 radical (unpaired) electrons. The molecule has 0 fully saturated rings. The zero-order chi connectivity index (χ0) is 36.5. The Bertz CT molecular complexity index is 2170. The minimum Gasteiger partial charge on any atom is -0.406 e. The van der Waals surface area contributed by atoms with Gasteiger partial charge in [0.05, 0.1) is 0 Å². The second-order valence-corrected chi connectivity index (χ2v) is 14.6. The molecule has 51 heavy (non-hydrogen) atoms. The van der Waals surface area contributed by atoms with E-state index in [-0.39, 0.29) is 11.5 Å². The van der Waals surface area contributed by atoms with Crippen molar-refractivity contribution in [3.05, 3.63) is 155 Å². The minimum atomic E-state index is -4.73. The molecule has 4 aromatic carbocycles. The van der Waals surface area contributed by atoms with E-state index in [2.05, 4.69) is 116 Å². The summed E-state index contributed by atoms with van der Waals surface area (Å²) in [6.07, 6.45) is 3.59. The molecule has 0 spiro atoms. The number of aryl methyl sites for hydroxylation is 2. The first-order valence-electron chi connectivity index (χ1n) is 15.9. The van der Waals surface area contributed by atoms with Gasteiger partial charge in [0.2, 0.25) is 0 Å². The van der Waals surface area contributed by atoms with Crippen LogP contribution in [0.2, 0.25) is 0 Å². The van der Waals surface area contributed by atoms with Crippen LogP contribution in [-0.2, 0) is 11.2 Å². The van der Waals surface area contributed by atoms with Crippen LogP contribution in [0.15, 0.2) is 121 Å². The molecule has 2 aliphatic rings. The van der Waals surface area contributed by atoms with Gasteiger partial charge in [-0.3, -0.25) is 0 Å². The van der Waals surface area contributed by atoms with E-state index in [0.29, 0.717) is 6.42 Å². The predicted molar refractivity (Wildman–Crippen MR) is 206 cm³/mol. The topological polar surface area (TPSA) is 18.5 Å². The second kappa shape index (κ2) is 15.1. The van der Waals surface area contributed by atoms with Gasteiger partial charge in [0, 0.05) is 7.14 Å². The third-order valence-electron chi connectivity index (χ3n) is 8.63. The van der Waals surface area contributed by atoms with Crippen molar-refractivity contribution < 1.29 is 35.8 Å². The number of alkyl halides is 6. The lowest BCUT2D eigenvalue weighted by molar-refractivity contribution is -0.303. The summed E-state index contributed by atoms with van der Waals surface area (Å²) < 4.78 is 85.5. The van der Waals surface area contributed by atoms with Gasteiger partial charge in [-0.1, -0.05) is 72.8 Å². The summed E-state index contributed by atoms with van der Waals surface area (Å²) in [5.41, 5.74) is 10.7. The van der Waals surface area contributed by atoms with Gasteiger partial charge < -0.3 is 9.47 Å². The fourth-order valence-electron chi connectivity index (χ4n) is 6.34. The number of ether oxygens (including phenoxy) is 2. The summed E-state index contributed by atoms with van der Waals surface area (Å²) in [5.74, 6) is -0.444. The average Bonchev–Trinajstić information content (AvgIpc) is 3.05. The van der Waals surface area contributed by atoms with E-state index in [1.165, 1.54) is 46.2 Å². The highest BCUT2D eigenvalue weighted by atomic mass is 127. The Hall–Kier alpha value is -3.78. The van der Waals surface area contributed by atoms with Crippen LogP contribution in [0.25, 0.3) is 33.4 Å². The van der Waals surface area contributed by atoms with Gasteiger partial charge in [-0.2, -0.15) is 0 Å². The number of hydrogen-bond acceptors (Lipinski definition) is 2. The lowest BCUT2D eigenvalue weighted by Gasteiger charge is -2.15. The van der Waals surface area contributed by atoms with Gasteiger partial charge in [0.25, 0.3) is 0 Å². The van der Waals surface area contributed by atoms with E-state index >= 15 is 0 Å². The van der Waals surface area contributed by atoms with Gasteiger partial charge in [-0.05, 0) is 181 Å². The van der Waals surface area contributed by atoms with E-state index in [4.69, 9.17) is 0 Å². The molecular formula is C41H30F6I2O2. The van der Waals surface area contributed by atoms with Crippen LogP contribution in [0.5, 0.6) is 5.75 Å². The van der Waals surface area contributed by atoms with E-state index < -0.39 is 12.7 Å². The Kier molecular flexibility index (Phi) is 10.9. The molecule has 0 saturated heterocycles. The summed E-state index contributed by atoms with van der Waals surface area (Å²) in [6, 6.07) is 22.7. The highest BCUT2D eigenvalue weighted by Gasteiger charge is 2.32. The molecule has 0 aliphatic heterocycles. The molecule has 0 heterocycles. The summed E-state index contributed by atoms with van der Waals surface area (Å²) in [4.78, 5) is 0. The molecule has 0 atom stereocenters. The molecular weight excluding hydrogens is 892 g/mol. The molecule has 0 unspecified atom stereocenters. The summed E-state index contributed by atoms with van der Waals surface area (Å²) in [5, 5.41) is 2.16. The van der Waals surface area contributed by atoms with E-state index in [0.717, 1.165) is 64.2 Å². The largest absolute Gasteiger partial charge is 0.573 e. The summed E-state index contributed by atoms with van der Waals surface area (Å²) in [7, 11) is 0. The number of allylic oxidation sites excluding steroid dienone is 7. The quantitative estimate of drug-likeness (QED) is 0.142. The Balaban J connectivity index is 1.14. The van der Waals surface area contributed by atoms with Crippen molar-refractivity contribution in [2.75, 3.05) is 0 Å². The lowest BCUT2D eigenvalue weighted by atomic mass is 9.92. The highest BCUT2D eigenvalue weighted by molar-refractivity contribution is 14.1. The first-order valence-corrected chi connectivity index (χ1v) is 18.1. The standard InChI is InChI=1S/C41H30F6I2O2/c1-24-19-32(28-11-15-34(16-12-28)50-40(42,43)44)22-36(48)38(24)30-7-3-26(4-8-30)21-27-5-9-31(10-6-27)39-25(2)20-33(23-37(39)49)29-13-17-35(18-14-29)51-41(45,46)47/h3-9,11-13,15-20,22-23H,10,14,21H2,1-2H3. The summed E-state index contributed by atoms with van der Waals surface area (Å²) >= 11 is 4.65. The molecule has 0 bridgehead atoms. The van der Waals surface area contributed by atoms with E-state index in [1.54, 1.807) is 18.2 Å². The van der Waals surface area contributed by atoms with Gasteiger partial charge in [0.15, 0.2) is 0 Å². The zero-order valence-electron chi connectivity index (χ0n) is 27.4. The second-order valence-electron chi connectivity index (χ2n) is 12.3.